The van der Waals surface area contributed by atoms with Gasteiger partial charge in [-0.2, -0.15) is 0 Å². The van der Waals surface area contributed by atoms with Crippen LogP contribution in [0.15, 0.2) is 18.2 Å². The number of hydrogen-bond acceptors (Lipinski definition) is 5. The summed E-state index contributed by atoms with van der Waals surface area (Å²) in [5.41, 5.74) is 0.262. The molecular formula is C22H35N3O5. The molecule has 1 aromatic rings. The molecule has 0 fully saturated rings. The molecule has 0 saturated carbocycles. The summed E-state index contributed by atoms with van der Waals surface area (Å²) in [5.74, 6) is -0.865. The van der Waals surface area contributed by atoms with Gasteiger partial charge >= 0.3 is 6.09 Å². The van der Waals surface area contributed by atoms with Crippen molar-refractivity contribution in [2.45, 2.75) is 66.0 Å². The third-order valence-corrected chi connectivity index (χ3v) is 4.40. The average molecular weight is 422 g/mol. The van der Waals surface area contributed by atoms with E-state index in [0.29, 0.717) is 17.7 Å². The minimum absolute atomic E-state index is 0.0282. The molecule has 0 heterocycles. The van der Waals surface area contributed by atoms with Crippen molar-refractivity contribution in [1.29, 1.82) is 0 Å². The Hall–Kier alpha value is -2.77. The van der Waals surface area contributed by atoms with Crippen LogP contribution in [-0.4, -0.2) is 53.1 Å². The van der Waals surface area contributed by atoms with Crippen LogP contribution in [0.5, 0.6) is 5.75 Å². The molecule has 3 N–H and O–H groups in total. The van der Waals surface area contributed by atoms with Gasteiger partial charge in [0.25, 0.3) is 0 Å². The van der Waals surface area contributed by atoms with Gasteiger partial charge in [0.05, 0.1) is 0 Å². The van der Waals surface area contributed by atoms with E-state index in [1.54, 1.807) is 52.8 Å². The van der Waals surface area contributed by atoms with Crippen molar-refractivity contribution in [3.05, 3.63) is 29.3 Å². The first kappa shape index (κ1) is 25.3. The van der Waals surface area contributed by atoms with Gasteiger partial charge in [0.1, 0.15) is 23.9 Å². The van der Waals surface area contributed by atoms with Gasteiger partial charge in [0.15, 0.2) is 0 Å². The number of unbranched alkanes of at least 4 members (excludes halogenated alkanes) is 1. The zero-order valence-electron chi connectivity index (χ0n) is 18.9. The van der Waals surface area contributed by atoms with Crippen molar-refractivity contribution >= 4 is 17.9 Å². The Balaban J connectivity index is 3.09. The van der Waals surface area contributed by atoms with E-state index in [-0.39, 0.29) is 24.7 Å². The molecule has 0 aliphatic heterocycles. The molecule has 0 aliphatic carbocycles. The number of nitrogens with zero attached hydrogens (tertiary/aromatic N) is 1. The van der Waals surface area contributed by atoms with Crippen molar-refractivity contribution in [3.8, 4) is 5.75 Å². The minimum atomic E-state index is -1.01. The van der Waals surface area contributed by atoms with Gasteiger partial charge in [-0.3, -0.25) is 9.59 Å². The summed E-state index contributed by atoms with van der Waals surface area (Å²) in [6, 6.07) is 4.07. The molecule has 0 spiro atoms. The number of alkyl carbamates (subject to hydrolysis) is 1. The maximum Gasteiger partial charge on any atom is 0.408 e. The lowest BCUT2D eigenvalue weighted by Gasteiger charge is -2.31. The predicted molar refractivity (Wildman–Crippen MR) is 115 cm³/mol. The van der Waals surface area contributed by atoms with E-state index in [0.717, 1.165) is 12.8 Å². The number of amides is 3. The second-order valence-corrected chi connectivity index (χ2v) is 8.10. The molecule has 8 nitrogen and oxygen atoms in total. The molecule has 0 saturated heterocycles. The van der Waals surface area contributed by atoms with E-state index in [1.165, 1.54) is 4.90 Å². The van der Waals surface area contributed by atoms with Crippen LogP contribution in [0, 0.1) is 6.92 Å². The molecule has 0 bridgehead atoms. The van der Waals surface area contributed by atoms with Gasteiger partial charge in [0, 0.05) is 18.7 Å². The maximum atomic E-state index is 13.0. The molecule has 8 heteroatoms. The molecule has 0 aromatic heterocycles. The van der Waals surface area contributed by atoms with E-state index in [9.17, 15) is 19.5 Å². The number of aryl methyl sites for hydroxylation is 1. The number of carbonyl (C=O) groups is 3. The number of phenols is 1. The van der Waals surface area contributed by atoms with E-state index in [1.807, 2.05) is 6.92 Å². The number of para-hydroxylation sites is 1. The van der Waals surface area contributed by atoms with E-state index >= 15 is 0 Å². The number of benzene rings is 1. The highest BCUT2D eigenvalue weighted by atomic mass is 16.6. The van der Waals surface area contributed by atoms with Crippen LogP contribution in [0.3, 0.4) is 0 Å². The highest BCUT2D eigenvalue weighted by Crippen LogP contribution is 2.31. The summed E-state index contributed by atoms with van der Waals surface area (Å²) >= 11 is 0. The van der Waals surface area contributed by atoms with E-state index in [4.69, 9.17) is 4.74 Å². The lowest BCUT2D eigenvalue weighted by Crippen LogP contribution is -2.47. The summed E-state index contributed by atoms with van der Waals surface area (Å²) < 4.78 is 5.15. The van der Waals surface area contributed by atoms with Crippen molar-refractivity contribution in [2.75, 3.05) is 19.6 Å². The highest BCUT2D eigenvalue weighted by molar-refractivity contribution is 5.91. The van der Waals surface area contributed by atoms with Crippen LogP contribution in [0.2, 0.25) is 0 Å². The van der Waals surface area contributed by atoms with Crippen LogP contribution >= 0.6 is 0 Å². The standard InChI is InChI=1S/C22H35N3O5/c1-7-9-13-23-20(28)18(16-12-10-11-15(3)19(16)27)25(8-2)17(26)14-24-21(29)30-22(4,5)6/h10-12,18,27H,7-9,13-14H2,1-6H3,(H,23,28)(H,24,29). The number of phenolic OH excluding ortho intramolecular Hbond substituents is 1. The molecular weight excluding hydrogens is 386 g/mol. The summed E-state index contributed by atoms with van der Waals surface area (Å²) in [4.78, 5) is 39.1. The predicted octanol–water partition coefficient (Wildman–Crippen LogP) is 3.03. The Morgan fingerprint density at radius 3 is 2.40 bits per heavy atom. The average Bonchev–Trinajstić information content (AvgIpc) is 2.65. The van der Waals surface area contributed by atoms with Crippen molar-refractivity contribution in [1.82, 2.24) is 15.5 Å². The van der Waals surface area contributed by atoms with Crippen LogP contribution < -0.4 is 10.6 Å². The minimum Gasteiger partial charge on any atom is -0.507 e. The molecule has 3 amide bonds. The van der Waals surface area contributed by atoms with Crippen molar-refractivity contribution < 1.29 is 24.2 Å². The highest BCUT2D eigenvalue weighted by Gasteiger charge is 2.32. The zero-order chi connectivity index (χ0) is 22.9. The van der Waals surface area contributed by atoms with Gasteiger partial charge in [-0.05, 0) is 46.6 Å². The second-order valence-electron chi connectivity index (χ2n) is 8.10. The third-order valence-electron chi connectivity index (χ3n) is 4.40. The first-order chi connectivity index (χ1) is 14.0. The van der Waals surface area contributed by atoms with Gasteiger partial charge in [-0.25, -0.2) is 4.79 Å². The normalized spacial score (nSPS) is 12.1. The Kier molecular flexibility index (Phi) is 9.62. The fourth-order valence-corrected chi connectivity index (χ4v) is 2.90. The monoisotopic (exact) mass is 421 g/mol. The lowest BCUT2D eigenvalue weighted by atomic mass is 10.00. The molecule has 0 aliphatic rings. The maximum absolute atomic E-state index is 13.0. The molecule has 1 atom stereocenters. The van der Waals surface area contributed by atoms with Crippen LogP contribution in [-0.2, 0) is 14.3 Å². The Morgan fingerprint density at radius 1 is 1.17 bits per heavy atom. The quantitative estimate of drug-likeness (QED) is 0.531. The van der Waals surface area contributed by atoms with Crippen molar-refractivity contribution in [3.63, 3.8) is 0 Å². The number of rotatable bonds is 9. The molecule has 168 valence electrons. The molecule has 1 unspecified atom stereocenters. The Bertz CT molecular complexity index is 743. The first-order valence-electron chi connectivity index (χ1n) is 10.3. The van der Waals surface area contributed by atoms with Gasteiger partial charge in [0.2, 0.25) is 11.8 Å². The summed E-state index contributed by atoms with van der Waals surface area (Å²) in [6.45, 7) is 11.0. The molecule has 1 rings (SSSR count). The molecule has 30 heavy (non-hydrogen) atoms. The van der Waals surface area contributed by atoms with E-state index in [2.05, 4.69) is 10.6 Å². The number of nitrogens with one attached hydrogen (secondary N) is 2. The van der Waals surface area contributed by atoms with Crippen LogP contribution in [0.4, 0.5) is 4.79 Å². The summed E-state index contributed by atoms with van der Waals surface area (Å²) in [5, 5.41) is 15.8. The second kappa shape index (κ2) is 11.4. The van der Waals surface area contributed by atoms with E-state index < -0.39 is 23.6 Å². The van der Waals surface area contributed by atoms with Gasteiger partial charge in [-0.15, -0.1) is 0 Å². The number of ether oxygens (including phenoxy) is 1. The van der Waals surface area contributed by atoms with Crippen molar-refractivity contribution in [2.24, 2.45) is 0 Å². The largest absolute Gasteiger partial charge is 0.507 e. The fourth-order valence-electron chi connectivity index (χ4n) is 2.90. The first-order valence-corrected chi connectivity index (χ1v) is 10.3. The SMILES string of the molecule is CCCCNC(=O)C(c1cccc(C)c1O)N(CC)C(=O)CNC(=O)OC(C)(C)C. The number of likely N-dealkylation sites (N-methyl/N-ethyl adjacent to an activating group) is 1. The molecule has 0 radical (unpaired) electrons. The number of carbonyl (C=O) groups excluding carboxylic acids is 3. The molecule has 1 aromatic carbocycles. The number of hydrogen-bond donors (Lipinski definition) is 3. The summed E-state index contributed by atoms with van der Waals surface area (Å²) in [6.07, 6.45) is 1.00. The smallest absolute Gasteiger partial charge is 0.408 e. The summed E-state index contributed by atoms with van der Waals surface area (Å²) in [7, 11) is 0. The lowest BCUT2D eigenvalue weighted by molar-refractivity contribution is -0.140. The number of aromatic hydroxyl groups is 1. The van der Waals surface area contributed by atoms with Crippen LogP contribution in [0.25, 0.3) is 0 Å². The van der Waals surface area contributed by atoms with Gasteiger partial charge in [-0.1, -0.05) is 31.5 Å². The fraction of sp³-hybridized carbons (Fsp3) is 0.591. The van der Waals surface area contributed by atoms with Crippen LogP contribution in [0.1, 0.15) is 64.6 Å². The third kappa shape index (κ3) is 7.57. The zero-order valence-corrected chi connectivity index (χ0v) is 18.9. The topological polar surface area (TPSA) is 108 Å². The van der Waals surface area contributed by atoms with Gasteiger partial charge < -0.3 is 25.4 Å². The Morgan fingerprint density at radius 2 is 1.83 bits per heavy atom. The Labute approximate surface area is 179 Å².